The minimum absolute atomic E-state index is 0.0117. The molecule has 0 aromatic heterocycles. The number of benzene rings is 2. The van der Waals surface area contributed by atoms with E-state index in [0.717, 1.165) is 0 Å². The number of fused-ring (bicyclic) bond motifs is 3. The minimum Gasteiger partial charge on any atom is -0.507 e. The van der Waals surface area contributed by atoms with Crippen LogP contribution in [0.2, 0.25) is 0 Å². The molecule has 0 amide bonds. The van der Waals surface area contributed by atoms with Gasteiger partial charge in [-0.1, -0.05) is 24.3 Å². The van der Waals surface area contributed by atoms with Crippen molar-refractivity contribution in [2.24, 2.45) is 0 Å². The molecule has 2 aliphatic carbocycles. The van der Waals surface area contributed by atoms with Crippen LogP contribution in [0.25, 0.3) is 0 Å². The summed E-state index contributed by atoms with van der Waals surface area (Å²) in [5.74, 6) is -3.08. The summed E-state index contributed by atoms with van der Waals surface area (Å²) >= 11 is 0. The Bertz CT molecular complexity index is 1330. The fourth-order valence-corrected chi connectivity index (χ4v) is 5.55. The summed E-state index contributed by atoms with van der Waals surface area (Å²) in [7, 11) is 5.55. The van der Waals surface area contributed by atoms with Crippen molar-refractivity contribution in [2.45, 2.75) is 69.4 Å². The first kappa shape index (κ1) is 25.6. The summed E-state index contributed by atoms with van der Waals surface area (Å²) in [5.41, 5.74) is -2.66. The van der Waals surface area contributed by atoms with Crippen molar-refractivity contribution in [3.63, 3.8) is 0 Å². The third kappa shape index (κ3) is 3.89. The van der Waals surface area contributed by atoms with E-state index < -0.39 is 71.5 Å². The maximum Gasteiger partial charge on any atom is 0.198 e. The van der Waals surface area contributed by atoms with Crippen molar-refractivity contribution in [3.05, 3.63) is 57.6 Å². The Balaban J connectivity index is 1.65. The highest BCUT2D eigenvalue weighted by atomic mass is 16.7. The zero-order valence-corrected chi connectivity index (χ0v) is 20.2. The number of aromatic hydroxyl groups is 2. The third-order valence-electron chi connectivity index (χ3n) is 7.67. The lowest BCUT2D eigenvalue weighted by Gasteiger charge is -2.42. The molecule has 0 saturated carbocycles. The second-order valence-corrected chi connectivity index (χ2v) is 9.91. The largest absolute Gasteiger partial charge is 0.507 e. The van der Waals surface area contributed by atoms with Gasteiger partial charge in [0, 0.05) is 47.6 Å². The van der Waals surface area contributed by atoms with Gasteiger partial charge in [-0.2, -0.15) is 0 Å². The molecule has 10 nitrogen and oxygen atoms in total. The van der Waals surface area contributed by atoms with Crippen LogP contribution in [0.5, 0.6) is 11.5 Å². The first-order chi connectivity index (χ1) is 17.5. The van der Waals surface area contributed by atoms with Crippen molar-refractivity contribution < 1.29 is 44.3 Å². The molecule has 6 atom stereocenters. The van der Waals surface area contributed by atoms with Gasteiger partial charge >= 0.3 is 0 Å². The number of aliphatic hydroxyl groups is 2. The highest BCUT2D eigenvalue weighted by Crippen LogP contribution is 2.52. The van der Waals surface area contributed by atoms with Crippen LogP contribution in [-0.4, -0.2) is 75.9 Å². The number of aliphatic hydroxyl groups excluding tert-OH is 1. The van der Waals surface area contributed by atoms with Crippen molar-refractivity contribution in [1.82, 2.24) is 5.23 Å². The molecule has 11 heteroatoms. The standard InChI is InChI=1S/C26H26BNO9/c1-10-21(30)15(28-27)7-17(36-10)37-16-9-26(35,11(2)29)8-14-18(16)25(34)20-19(24(14)33)22(31)12-5-3-4-6-13(12)23(20)32/h3-6,10,15-17,21,28,30,33-35H,7-9H2,1-2H3/t10-,15-,16-,17-,21+,26-/m0/s1. The minimum atomic E-state index is -1.99. The van der Waals surface area contributed by atoms with Crippen LogP contribution in [0, 0.1) is 0 Å². The molecule has 5 N–H and O–H groups in total. The van der Waals surface area contributed by atoms with Gasteiger partial charge in [0.05, 0.1) is 29.4 Å². The van der Waals surface area contributed by atoms with Crippen LogP contribution in [0.3, 0.4) is 0 Å². The lowest BCUT2D eigenvalue weighted by Crippen LogP contribution is -2.54. The lowest BCUT2D eigenvalue weighted by atomic mass is 9.72. The Labute approximate surface area is 213 Å². The van der Waals surface area contributed by atoms with Crippen molar-refractivity contribution in [1.29, 1.82) is 0 Å². The smallest absolute Gasteiger partial charge is 0.198 e. The third-order valence-corrected chi connectivity index (χ3v) is 7.67. The van der Waals surface area contributed by atoms with E-state index in [9.17, 15) is 34.8 Å². The number of ketones is 3. The fraction of sp³-hybridized carbons (Fsp3) is 0.423. The highest BCUT2D eigenvalue weighted by Gasteiger charge is 2.49. The number of carbonyl (C=O) groups excluding carboxylic acids is 3. The number of Topliss-reactive ketones (excluding diaryl/α,β-unsaturated/α-hetero) is 1. The molecule has 2 aromatic carbocycles. The maximum atomic E-state index is 13.4. The second kappa shape index (κ2) is 9.04. The van der Waals surface area contributed by atoms with E-state index in [-0.39, 0.29) is 46.2 Å². The highest BCUT2D eigenvalue weighted by molar-refractivity contribution is 6.30. The van der Waals surface area contributed by atoms with Gasteiger partial charge in [-0.05, 0) is 13.8 Å². The van der Waals surface area contributed by atoms with E-state index in [0.29, 0.717) is 0 Å². The van der Waals surface area contributed by atoms with Crippen molar-refractivity contribution in [3.8, 4) is 11.5 Å². The number of hydrogen-bond acceptors (Lipinski definition) is 10. The SMILES string of the molecule is [B]N[C@H]1C[C@H](O[C@H]2C[C@](O)(C(C)=O)Cc3c(O)c4c(c(O)c32)C(=O)c2ccccc2C4=O)O[C@@H](C)[C@H]1O. The first-order valence-corrected chi connectivity index (χ1v) is 12.0. The van der Waals surface area contributed by atoms with E-state index in [2.05, 4.69) is 5.23 Å². The summed E-state index contributed by atoms with van der Waals surface area (Å²) in [6.07, 6.45) is -4.42. The average Bonchev–Trinajstić information content (AvgIpc) is 2.86. The van der Waals surface area contributed by atoms with Crippen molar-refractivity contribution in [2.75, 3.05) is 0 Å². The molecule has 1 aliphatic heterocycles. The number of phenolic OH excluding ortho intramolecular Hbond substituents is 2. The van der Waals surface area contributed by atoms with Crippen LogP contribution in [0.4, 0.5) is 0 Å². The molecule has 1 saturated heterocycles. The number of carbonyl (C=O) groups is 3. The van der Waals surface area contributed by atoms with Gasteiger partial charge in [-0.25, -0.2) is 0 Å². The van der Waals surface area contributed by atoms with Crippen LogP contribution in [0.1, 0.15) is 75.8 Å². The summed E-state index contributed by atoms with van der Waals surface area (Å²) in [4.78, 5) is 39.1. The maximum absolute atomic E-state index is 13.4. The van der Waals surface area contributed by atoms with Crippen LogP contribution >= 0.6 is 0 Å². The second-order valence-electron chi connectivity index (χ2n) is 9.91. The summed E-state index contributed by atoms with van der Waals surface area (Å²) in [5, 5.41) is 46.6. The number of hydrogen-bond donors (Lipinski definition) is 5. The molecule has 3 aliphatic rings. The van der Waals surface area contributed by atoms with Gasteiger partial charge in [-0.15, -0.1) is 0 Å². The van der Waals surface area contributed by atoms with E-state index in [1.54, 1.807) is 19.1 Å². The Hall–Kier alpha value is -3.09. The van der Waals surface area contributed by atoms with Crippen LogP contribution in [-0.2, 0) is 20.7 Å². The molecular weight excluding hydrogens is 481 g/mol. The van der Waals surface area contributed by atoms with Crippen LogP contribution in [0.15, 0.2) is 24.3 Å². The fourth-order valence-electron chi connectivity index (χ4n) is 5.55. The molecule has 0 unspecified atom stereocenters. The number of ether oxygens (including phenoxy) is 2. The number of rotatable bonds is 4. The molecule has 192 valence electrons. The molecule has 5 rings (SSSR count). The van der Waals surface area contributed by atoms with E-state index >= 15 is 0 Å². The molecule has 2 aromatic rings. The normalized spacial score (nSPS) is 30.9. The van der Waals surface area contributed by atoms with Gasteiger partial charge in [0.25, 0.3) is 0 Å². The lowest BCUT2D eigenvalue weighted by molar-refractivity contribution is -0.248. The summed E-state index contributed by atoms with van der Waals surface area (Å²) in [6, 6.07) is 5.48. The van der Waals surface area contributed by atoms with Gasteiger partial charge in [0.2, 0.25) is 0 Å². The quantitative estimate of drug-likeness (QED) is 0.251. The summed E-state index contributed by atoms with van der Waals surface area (Å²) in [6.45, 7) is 2.80. The molecule has 37 heavy (non-hydrogen) atoms. The summed E-state index contributed by atoms with van der Waals surface area (Å²) < 4.78 is 11.9. The van der Waals surface area contributed by atoms with Gasteiger partial charge in [-0.3, -0.25) is 14.4 Å². The Morgan fingerprint density at radius 3 is 2.30 bits per heavy atom. The Morgan fingerprint density at radius 1 is 1.14 bits per heavy atom. The molecule has 1 fully saturated rings. The van der Waals surface area contributed by atoms with E-state index in [4.69, 9.17) is 17.5 Å². The predicted octanol–water partition coefficient (Wildman–Crippen LogP) is 0.735. The van der Waals surface area contributed by atoms with E-state index in [1.165, 1.54) is 19.1 Å². The Kier molecular flexibility index (Phi) is 6.24. The van der Waals surface area contributed by atoms with Gasteiger partial charge in [0.15, 0.2) is 31.6 Å². The molecule has 1 heterocycles. The first-order valence-electron chi connectivity index (χ1n) is 12.0. The van der Waals surface area contributed by atoms with Crippen LogP contribution < -0.4 is 5.23 Å². The molecule has 0 spiro atoms. The Morgan fingerprint density at radius 2 is 1.73 bits per heavy atom. The number of nitrogens with one attached hydrogen (secondary N) is 1. The topological polar surface area (TPSA) is 163 Å². The average molecular weight is 507 g/mol. The predicted molar refractivity (Wildman–Crippen MR) is 128 cm³/mol. The monoisotopic (exact) mass is 507 g/mol. The van der Waals surface area contributed by atoms with Crippen molar-refractivity contribution >= 4 is 25.3 Å². The molecular formula is C26H26BNO9. The molecule has 0 bridgehead atoms. The van der Waals surface area contributed by atoms with E-state index in [1.807, 2.05) is 0 Å². The van der Waals surface area contributed by atoms with Gasteiger partial charge < -0.3 is 35.1 Å². The zero-order chi connectivity index (χ0) is 26.8. The zero-order valence-electron chi connectivity index (χ0n) is 20.2. The molecule has 2 radical (unpaired) electrons. The van der Waals surface area contributed by atoms with Gasteiger partial charge in [0.1, 0.15) is 17.1 Å². The number of phenols is 2.